The Bertz CT molecular complexity index is 693. The van der Waals surface area contributed by atoms with Crippen molar-refractivity contribution in [3.8, 4) is 0 Å². The van der Waals surface area contributed by atoms with E-state index in [9.17, 15) is 4.79 Å². The summed E-state index contributed by atoms with van der Waals surface area (Å²) >= 11 is 0. The zero-order chi connectivity index (χ0) is 17.0. The van der Waals surface area contributed by atoms with Gasteiger partial charge in [-0.15, -0.1) is 0 Å². The molecule has 2 amide bonds. The molecular weight excluding hydrogens is 288 g/mol. The van der Waals surface area contributed by atoms with Crippen molar-refractivity contribution in [1.82, 2.24) is 10.3 Å². The third-order valence-electron chi connectivity index (χ3n) is 3.77. The van der Waals surface area contributed by atoms with Gasteiger partial charge in [-0.2, -0.15) is 0 Å². The second-order valence-electron chi connectivity index (χ2n) is 5.95. The number of rotatable bonds is 5. The Labute approximate surface area is 138 Å². The highest BCUT2D eigenvalue weighted by molar-refractivity contribution is 5.94. The number of fused-ring (bicyclic) bond motifs is 1. The maximum absolute atomic E-state index is 11.8. The van der Waals surface area contributed by atoms with Crippen LogP contribution in [0.2, 0.25) is 0 Å². The van der Waals surface area contributed by atoms with Crippen molar-refractivity contribution >= 4 is 28.4 Å². The normalized spacial score (nSPS) is 10.9. The third kappa shape index (κ3) is 4.12. The molecule has 0 atom stereocenters. The summed E-state index contributed by atoms with van der Waals surface area (Å²) in [5, 5.41) is 6.74. The van der Waals surface area contributed by atoms with E-state index >= 15 is 0 Å². The van der Waals surface area contributed by atoms with Crippen LogP contribution in [0.25, 0.3) is 10.9 Å². The van der Waals surface area contributed by atoms with Crippen molar-refractivity contribution in [2.45, 2.75) is 40.7 Å². The number of aryl methyl sites for hydroxylation is 1. The lowest BCUT2D eigenvalue weighted by atomic mass is 10.1. The van der Waals surface area contributed by atoms with Crippen LogP contribution in [-0.2, 0) is 0 Å². The molecule has 1 aromatic carbocycles. The Kier molecular flexibility index (Phi) is 5.42. The Morgan fingerprint density at radius 3 is 2.52 bits per heavy atom. The number of pyridine rings is 1. The first kappa shape index (κ1) is 17.1. The summed E-state index contributed by atoms with van der Waals surface area (Å²) in [6.45, 7) is 12.1. The van der Waals surface area contributed by atoms with Crippen LogP contribution in [0.15, 0.2) is 24.3 Å². The number of carbonyl (C=O) groups excluding carboxylic acids is 1. The van der Waals surface area contributed by atoms with E-state index in [0.717, 1.165) is 41.1 Å². The quantitative estimate of drug-likeness (QED) is 0.879. The number of benzene rings is 1. The van der Waals surface area contributed by atoms with Crippen LogP contribution >= 0.6 is 0 Å². The maximum atomic E-state index is 11.8. The molecule has 2 N–H and O–H groups in total. The molecule has 0 fully saturated rings. The fourth-order valence-corrected chi connectivity index (χ4v) is 2.59. The molecule has 0 radical (unpaired) electrons. The number of nitrogens with one attached hydrogen (secondary N) is 2. The molecule has 5 nitrogen and oxygen atoms in total. The Morgan fingerprint density at radius 2 is 1.91 bits per heavy atom. The van der Waals surface area contributed by atoms with E-state index in [2.05, 4.69) is 42.4 Å². The zero-order valence-electron chi connectivity index (χ0n) is 14.6. The van der Waals surface area contributed by atoms with Crippen LogP contribution < -0.4 is 15.5 Å². The van der Waals surface area contributed by atoms with Gasteiger partial charge in [-0.3, -0.25) is 0 Å². The molecule has 0 unspecified atom stereocenters. The molecule has 2 aromatic rings. The van der Waals surface area contributed by atoms with Crippen molar-refractivity contribution in [3.63, 3.8) is 0 Å². The predicted molar refractivity (Wildman–Crippen MR) is 97.3 cm³/mol. The fourth-order valence-electron chi connectivity index (χ4n) is 2.59. The molecule has 0 aliphatic carbocycles. The smallest absolute Gasteiger partial charge is 0.319 e. The van der Waals surface area contributed by atoms with E-state index < -0.39 is 0 Å². The Hall–Kier alpha value is -2.30. The number of hydrogen-bond acceptors (Lipinski definition) is 3. The summed E-state index contributed by atoms with van der Waals surface area (Å²) in [5.41, 5.74) is 2.88. The van der Waals surface area contributed by atoms with Gasteiger partial charge >= 0.3 is 6.03 Å². The maximum Gasteiger partial charge on any atom is 0.319 e. The molecule has 1 heterocycles. The molecule has 0 aliphatic rings. The van der Waals surface area contributed by atoms with Crippen LogP contribution in [0.4, 0.5) is 16.3 Å². The number of nitrogens with zero attached hydrogens (tertiary/aromatic N) is 2. The summed E-state index contributed by atoms with van der Waals surface area (Å²) in [6.07, 6.45) is 0. The zero-order valence-corrected chi connectivity index (χ0v) is 14.6. The summed E-state index contributed by atoms with van der Waals surface area (Å²) in [5.74, 6) is 0.998. The molecular formula is C18H26N4O. The number of anilines is 2. The van der Waals surface area contributed by atoms with E-state index in [-0.39, 0.29) is 12.1 Å². The summed E-state index contributed by atoms with van der Waals surface area (Å²) in [4.78, 5) is 18.8. The lowest BCUT2D eigenvalue weighted by molar-refractivity contribution is 0.250. The molecule has 1 aromatic heterocycles. The van der Waals surface area contributed by atoms with E-state index in [0.29, 0.717) is 0 Å². The number of hydrogen-bond donors (Lipinski definition) is 2. The average Bonchev–Trinajstić information content (AvgIpc) is 2.48. The molecule has 124 valence electrons. The first-order valence-corrected chi connectivity index (χ1v) is 8.18. The molecule has 23 heavy (non-hydrogen) atoms. The van der Waals surface area contributed by atoms with E-state index in [4.69, 9.17) is 4.98 Å². The second-order valence-corrected chi connectivity index (χ2v) is 5.95. The SMILES string of the molecule is CCN(CC)c1cc(C)c2cc(NC(=O)NC(C)C)ccc2n1. The van der Waals surface area contributed by atoms with Gasteiger partial charge in [0.15, 0.2) is 0 Å². The molecule has 0 saturated carbocycles. The van der Waals surface area contributed by atoms with Crippen molar-refractivity contribution in [1.29, 1.82) is 0 Å². The topological polar surface area (TPSA) is 57.3 Å². The molecule has 0 saturated heterocycles. The van der Waals surface area contributed by atoms with Crippen molar-refractivity contribution < 1.29 is 4.79 Å². The summed E-state index contributed by atoms with van der Waals surface area (Å²) in [6, 6.07) is 7.85. The second kappa shape index (κ2) is 7.31. The van der Waals surface area contributed by atoms with Gasteiger partial charge in [-0.05, 0) is 64.4 Å². The Morgan fingerprint density at radius 1 is 1.22 bits per heavy atom. The van der Waals surface area contributed by atoms with Crippen molar-refractivity contribution in [2.75, 3.05) is 23.3 Å². The van der Waals surface area contributed by atoms with Gasteiger partial charge in [0.25, 0.3) is 0 Å². The van der Waals surface area contributed by atoms with Gasteiger partial charge in [-0.25, -0.2) is 9.78 Å². The van der Waals surface area contributed by atoms with Crippen molar-refractivity contribution in [3.05, 3.63) is 29.8 Å². The standard InChI is InChI=1S/C18H26N4O/c1-6-22(7-2)17-10-13(5)15-11-14(8-9-16(15)21-17)20-18(23)19-12(3)4/h8-12H,6-7H2,1-5H3,(H2,19,20,23). The van der Waals surface area contributed by atoms with E-state index in [1.165, 1.54) is 0 Å². The molecule has 2 rings (SSSR count). The summed E-state index contributed by atoms with van der Waals surface area (Å²) in [7, 11) is 0. The van der Waals surface area contributed by atoms with Crippen molar-refractivity contribution in [2.24, 2.45) is 0 Å². The molecule has 0 bridgehead atoms. The molecule has 0 spiro atoms. The lowest BCUT2D eigenvalue weighted by Gasteiger charge is -2.21. The van der Waals surface area contributed by atoms with Gasteiger partial charge in [0.2, 0.25) is 0 Å². The highest BCUT2D eigenvalue weighted by atomic mass is 16.2. The van der Waals surface area contributed by atoms with E-state index in [1.807, 2.05) is 32.0 Å². The van der Waals surface area contributed by atoms with Gasteiger partial charge < -0.3 is 15.5 Å². The third-order valence-corrected chi connectivity index (χ3v) is 3.77. The number of amides is 2. The largest absolute Gasteiger partial charge is 0.357 e. The fraction of sp³-hybridized carbons (Fsp3) is 0.444. The van der Waals surface area contributed by atoms with Gasteiger partial charge in [-0.1, -0.05) is 0 Å². The van der Waals surface area contributed by atoms with Gasteiger partial charge in [0.1, 0.15) is 5.82 Å². The lowest BCUT2D eigenvalue weighted by Crippen LogP contribution is -2.34. The minimum Gasteiger partial charge on any atom is -0.357 e. The minimum absolute atomic E-state index is 0.107. The van der Waals surface area contributed by atoms with Crippen LogP contribution in [0.5, 0.6) is 0 Å². The minimum atomic E-state index is -0.190. The monoisotopic (exact) mass is 314 g/mol. The summed E-state index contributed by atoms with van der Waals surface area (Å²) < 4.78 is 0. The predicted octanol–water partition coefficient (Wildman–Crippen LogP) is 3.92. The van der Waals surface area contributed by atoms with Crippen LogP contribution in [0.1, 0.15) is 33.3 Å². The van der Waals surface area contributed by atoms with Crippen LogP contribution in [0, 0.1) is 6.92 Å². The first-order valence-electron chi connectivity index (χ1n) is 8.18. The van der Waals surface area contributed by atoms with E-state index in [1.54, 1.807) is 0 Å². The average molecular weight is 314 g/mol. The molecule has 5 heteroatoms. The Balaban J connectivity index is 2.32. The molecule has 0 aliphatic heterocycles. The number of carbonyl (C=O) groups is 1. The highest BCUT2D eigenvalue weighted by Gasteiger charge is 2.09. The van der Waals surface area contributed by atoms with Crippen LogP contribution in [-0.4, -0.2) is 30.1 Å². The highest BCUT2D eigenvalue weighted by Crippen LogP contribution is 2.25. The van der Waals surface area contributed by atoms with Gasteiger partial charge in [0, 0.05) is 30.2 Å². The van der Waals surface area contributed by atoms with Gasteiger partial charge in [0.05, 0.1) is 5.52 Å². The number of aromatic nitrogens is 1. The number of urea groups is 1. The van der Waals surface area contributed by atoms with Crippen LogP contribution in [0.3, 0.4) is 0 Å². The first-order chi connectivity index (χ1) is 10.9.